The van der Waals surface area contributed by atoms with Crippen LogP contribution in [0.5, 0.6) is 0 Å². The lowest BCUT2D eigenvalue weighted by molar-refractivity contribution is 0.0189. The zero-order chi connectivity index (χ0) is 21.2. The van der Waals surface area contributed by atoms with Crippen LogP contribution in [0.1, 0.15) is 5.56 Å². The van der Waals surface area contributed by atoms with E-state index in [9.17, 15) is 5.26 Å². The number of halogens is 1. The van der Waals surface area contributed by atoms with E-state index in [1.165, 1.54) is 3.57 Å². The highest BCUT2D eigenvalue weighted by molar-refractivity contribution is 14.1. The lowest BCUT2D eigenvalue weighted by Crippen LogP contribution is -2.40. The summed E-state index contributed by atoms with van der Waals surface area (Å²) in [6.45, 7) is 3.30. The van der Waals surface area contributed by atoms with Crippen molar-refractivity contribution in [3.05, 3.63) is 76.0 Å². The van der Waals surface area contributed by atoms with Gasteiger partial charge in [0.25, 0.3) is 0 Å². The molecule has 31 heavy (non-hydrogen) atoms. The van der Waals surface area contributed by atoms with Crippen molar-refractivity contribution in [2.24, 2.45) is 0 Å². The summed E-state index contributed by atoms with van der Waals surface area (Å²) in [5.41, 5.74) is 6.83. The first-order valence-electron chi connectivity index (χ1n) is 10.3. The first-order chi connectivity index (χ1) is 15.2. The van der Waals surface area contributed by atoms with Gasteiger partial charge in [0.15, 0.2) is 0 Å². The summed E-state index contributed by atoms with van der Waals surface area (Å²) in [4.78, 5) is 5.06. The van der Waals surface area contributed by atoms with E-state index in [0.29, 0.717) is 5.56 Å². The Kier molecular flexibility index (Phi) is 5.72. The zero-order valence-corrected chi connectivity index (χ0v) is 19.0. The van der Waals surface area contributed by atoms with Gasteiger partial charge in [-0.2, -0.15) is 5.26 Å². The second-order valence-electron chi connectivity index (χ2n) is 7.65. The number of benzene rings is 2. The van der Waals surface area contributed by atoms with Crippen molar-refractivity contribution in [1.29, 1.82) is 5.26 Å². The van der Waals surface area contributed by atoms with E-state index in [4.69, 9.17) is 9.72 Å². The van der Waals surface area contributed by atoms with Gasteiger partial charge in [-0.15, -0.1) is 0 Å². The second kappa shape index (κ2) is 8.79. The highest BCUT2D eigenvalue weighted by Crippen LogP contribution is 2.34. The number of fused-ring (bicyclic) bond motifs is 1. The Bertz CT molecular complexity index is 1250. The molecule has 0 bridgehead atoms. The maximum absolute atomic E-state index is 9.18. The minimum Gasteiger partial charge on any atom is -0.374 e. The molecule has 3 heterocycles. The fourth-order valence-corrected chi connectivity index (χ4v) is 4.36. The number of nitriles is 1. The van der Waals surface area contributed by atoms with Crippen LogP contribution in [0.4, 0.5) is 0 Å². The molecule has 4 aromatic rings. The molecule has 0 saturated carbocycles. The third kappa shape index (κ3) is 4.22. The fourth-order valence-electron chi connectivity index (χ4n) is 4.00. The predicted molar refractivity (Wildman–Crippen MR) is 131 cm³/mol. The van der Waals surface area contributed by atoms with Crippen molar-refractivity contribution in [1.82, 2.24) is 14.9 Å². The van der Waals surface area contributed by atoms with Gasteiger partial charge in [-0.1, -0.05) is 24.3 Å². The first-order valence-corrected chi connectivity index (χ1v) is 11.4. The minimum atomic E-state index is 0.151. The van der Waals surface area contributed by atoms with E-state index < -0.39 is 0 Å². The van der Waals surface area contributed by atoms with Gasteiger partial charge in [-0.05, 0) is 64.6 Å². The molecule has 0 unspecified atom stereocenters. The van der Waals surface area contributed by atoms with Crippen LogP contribution in [-0.2, 0) is 11.3 Å². The fraction of sp³-hybridized carbons (Fsp3) is 0.200. The quantitative estimate of drug-likeness (QED) is 0.392. The first kappa shape index (κ1) is 20.2. The van der Waals surface area contributed by atoms with Crippen molar-refractivity contribution in [3.8, 4) is 28.5 Å². The Labute approximate surface area is 194 Å². The standard InChI is InChI=1S/C25H21IN4O/c26-20-7-5-19(6-8-20)25-22(18-3-1-17(14-27)2-4-18)13-24-23(29-25)9-11-30(24)16-21-15-28-10-12-31-21/h1-9,11,13,21,28H,10,12,15-16H2/t21-/m1/s1. The molecule has 154 valence electrons. The molecule has 0 spiro atoms. The number of aromatic nitrogens is 2. The molecule has 1 saturated heterocycles. The van der Waals surface area contributed by atoms with Crippen LogP contribution in [0.2, 0.25) is 0 Å². The van der Waals surface area contributed by atoms with Crippen LogP contribution in [0.3, 0.4) is 0 Å². The largest absolute Gasteiger partial charge is 0.374 e. The van der Waals surface area contributed by atoms with Gasteiger partial charge < -0.3 is 14.6 Å². The van der Waals surface area contributed by atoms with Crippen LogP contribution in [0.25, 0.3) is 33.4 Å². The lowest BCUT2D eigenvalue weighted by Gasteiger charge is -2.24. The molecule has 2 aromatic carbocycles. The molecule has 1 aliphatic heterocycles. The Morgan fingerprint density at radius 2 is 1.87 bits per heavy atom. The molecule has 0 radical (unpaired) electrons. The molecular formula is C25H21IN4O. The zero-order valence-electron chi connectivity index (χ0n) is 16.9. The van der Waals surface area contributed by atoms with Crippen LogP contribution in [0.15, 0.2) is 66.9 Å². The molecule has 5 nitrogen and oxygen atoms in total. The third-order valence-electron chi connectivity index (χ3n) is 5.60. The average Bonchev–Trinajstić information content (AvgIpc) is 3.21. The van der Waals surface area contributed by atoms with Crippen molar-refractivity contribution in [3.63, 3.8) is 0 Å². The van der Waals surface area contributed by atoms with E-state index in [0.717, 1.165) is 59.7 Å². The van der Waals surface area contributed by atoms with E-state index in [1.54, 1.807) is 0 Å². The molecule has 1 aliphatic rings. The number of morpholine rings is 1. The van der Waals surface area contributed by atoms with Crippen molar-refractivity contribution in [2.75, 3.05) is 19.7 Å². The smallest absolute Gasteiger partial charge is 0.0991 e. The highest BCUT2D eigenvalue weighted by atomic mass is 127. The topological polar surface area (TPSA) is 62.9 Å². The summed E-state index contributed by atoms with van der Waals surface area (Å²) in [6.07, 6.45) is 2.24. The van der Waals surface area contributed by atoms with E-state index in [-0.39, 0.29) is 6.10 Å². The third-order valence-corrected chi connectivity index (χ3v) is 6.32. The van der Waals surface area contributed by atoms with Crippen LogP contribution in [-0.4, -0.2) is 35.4 Å². The van der Waals surface area contributed by atoms with Gasteiger partial charge in [0, 0.05) is 34.0 Å². The number of pyridine rings is 1. The molecule has 6 heteroatoms. The van der Waals surface area contributed by atoms with Crippen molar-refractivity contribution in [2.45, 2.75) is 12.6 Å². The van der Waals surface area contributed by atoms with E-state index >= 15 is 0 Å². The van der Waals surface area contributed by atoms with Gasteiger partial charge in [-0.3, -0.25) is 0 Å². The summed E-state index contributed by atoms with van der Waals surface area (Å²) in [5, 5.41) is 12.6. The predicted octanol–water partition coefficient (Wildman–Crippen LogP) is 4.83. The van der Waals surface area contributed by atoms with E-state index in [1.807, 2.05) is 24.3 Å². The maximum atomic E-state index is 9.18. The molecule has 1 atom stereocenters. The summed E-state index contributed by atoms with van der Waals surface area (Å²) in [7, 11) is 0. The normalized spacial score (nSPS) is 16.3. The molecular weight excluding hydrogens is 499 g/mol. The van der Waals surface area contributed by atoms with Crippen LogP contribution in [0, 0.1) is 14.9 Å². The number of nitrogens with zero attached hydrogens (tertiary/aromatic N) is 3. The van der Waals surface area contributed by atoms with Crippen LogP contribution >= 0.6 is 22.6 Å². The van der Waals surface area contributed by atoms with Crippen LogP contribution < -0.4 is 5.32 Å². The summed E-state index contributed by atoms with van der Waals surface area (Å²) in [5.74, 6) is 0. The number of hydrogen-bond donors (Lipinski definition) is 1. The Morgan fingerprint density at radius 3 is 2.58 bits per heavy atom. The molecule has 5 rings (SSSR count). The monoisotopic (exact) mass is 520 g/mol. The molecule has 1 N–H and O–H groups in total. The summed E-state index contributed by atoms with van der Waals surface area (Å²) < 4.78 is 9.33. The average molecular weight is 520 g/mol. The Hall–Kier alpha value is -2.73. The van der Waals surface area contributed by atoms with Crippen molar-refractivity contribution >= 4 is 33.6 Å². The van der Waals surface area contributed by atoms with E-state index in [2.05, 4.69) is 81.1 Å². The van der Waals surface area contributed by atoms with Crippen molar-refractivity contribution < 1.29 is 4.74 Å². The Balaban J connectivity index is 1.63. The highest BCUT2D eigenvalue weighted by Gasteiger charge is 2.17. The SMILES string of the molecule is N#Cc1ccc(-c2cc3c(ccn3C[C@H]3CNCCO3)nc2-c2ccc(I)cc2)cc1. The lowest BCUT2D eigenvalue weighted by atomic mass is 9.98. The number of rotatable bonds is 4. The summed E-state index contributed by atoms with van der Waals surface area (Å²) in [6, 6.07) is 22.6. The van der Waals surface area contributed by atoms with Gasteiger partial charge in [0.1, 0.15) is 0 Å². The van der Waals surface area contributed by atoms with Gasteiger partial charge in [0.05, 0.1) is 47.6 Å². The molecule has 0 amide bonds. The number of hydrogen-bond acceptors (Lipinski definition) is 4. The Morgan fingerprint density at radius 1 is 1.10 bits per heavy atom. The molecule has 0 aliphatic carbocycles. The molecule has 2 aromatic heterocycles. The second-order valence-corrected chi connectivity index (χ2v) is 8.90. The number of ether oxygens (including phenoxy) is 1. The van der Waals surface area contributed by atoms with Gasteiger partial charge in [-0.25, -0.2) is 4.98 Å². The maximum Gasteiger partial charge on any atom is 0.0991 e. The van der Waals surface area contributed by atoms with Gasteiger partial charge in [0.2, 0.25) is 0 Å². The minimum absolute atomic E-state index is 0.151. The number of nitrogens with one attached hydrogen (secondary N) is 1. The van der Waals surface area contributed by atoms with Gasteiger partial charge >= 0.3 is 0 Å². The molecule has 1 fully saturated rings. The summed E-state index contributed by atoms with van der Waals surface area (Å²) >= 11 is 2.32.